The molecule has 0 aliphatic heterocycles. The fourth-order valence-electron chi connectivity index (χ4n) is 2.00. The Morgan fingerprint density at radius 3 is 2.82 bits per heavy atom. The van der Waals surface area contributed by atoms with Gasteiger partial charge in [-0.05, 0) is 12.8 Å². The molecule has 0 bridgehead atoms. The van der Waals surface area contributed by atoms with Gasteiger partial charge in [-0.15, -0.1) is 18.2 Å². The quantitative estimate of drug-likeness (QED) is 0.533. The predicted molar refractivity (Wildman–Crippen MR) is 74.0 cm³/mol. The maximum absolute atomic E-state index is 11.6. The Morgan fingerprint density at radius 1 is 1.35 bits per heavy atom. The lowest BCUT2D eigenvalue weighted by molar-refractivity contribution is -0.121. The minimum Gasteiger partial charge on any atom is -0.352 e. The van der Waals surface area contributed by atoms with Crippen LogP contribution in [-0.2, 0) is 4.79 Å². The standard InChI is InChI=1S/C13H22N2OS/c1-2-9-17-10-8-14-11-13(16)15-12-6-4-3-5-7-12/h1,12,14H,3-11H2,(H,15,16). The predicted octanol–water partition coefficient (Wildman–Crippen LogP) is 1.39. The second-order valence-electron chi connectivity index (χ2n) is 4.34. The van der Waals surface area contributed by atoms with E-state index >= 15 is 0 Å². The zero-order valence-corrected chi connectivity index (χ0v) is 11.2. The summed E-state index contributed by atoms with van der Waals surface area (Å²) >= 11 is 1.71. The van der Waals surface area contributed by atoms with Gasteiger partial charge in [-0.3, -0.25) is 4.79 Å². The smallest absolute Gasteiger partial charge is 0.234 e. The topological polar surface area (TPSA) is 41.1 Å². The highest BCUT2D eigenvalue weighted by Gasteiger charge is 2.14. The van der Waals surface area contributed by atoms with E-state index in [1.54, 1.807) is 11.8 Å². The Kier molecular flexibility index (Phi) is 7.94. The SMILES string of the molecule is C#CCSCCNCC(=O)NC1CCCCC1. The van der Waals surface area contributed by atoms with E-state index in [9.17, 15) is 4.79 Å². The molecule has 0 radical (unpaired) electrons. The fourth-order valence-corrected chi connectivity index (χ4v) is 2.55. The van der Waals surface area contributed by atoms with E-state index < -0.39 is 0 Å². The van der Waals surface area contributed by atoms with Crippen molar-refractivity contribution in [2.75, 3.05) is 24.6 Å². The van der Waals surface area contributed by atoms with Crippen LogP contribution in [0.3, 0.4) is 0 Å². The third-order valence-electron chi connectivity index (χ3n) is 2.86. The van der Waals surface area contributed by atoms with Crippen LogP contribution in [0.15, 0.2) is 0 Å². The molecule has 1 aliphatic carbocycles. The van der Waals surface area contributed by atoms with E-state index in [0.29, 0.717) is 12.6 Å². The molecule has 1 saturated carbocycles. The summed E-state index contributed by atoms with van der Waals surface area (Å²) in [5.41, 5.74) is 0. The molecular weight excluding hydrogens is 232 g/mol. The lowest BCUT2D eigenvalue weighted by Gasteiger charge is -2.22. The zero-order chi connectivity index (χ0) is 12.3. The van der Waals surface area contributed by atoms with Gasteiger partial charge in [0.15, 0.2) is 0 Å². The summed E-state index contributed by atoms with van der Waals surface area (Å²) in [6.45, 7) is 1.26. The number of carbonyl (C=O) groups excluding carboxylic acids is 1. The van der Waals surface area contributed by atoms with Crippen LogP contribution in [-0.4, -0.2) is 36.5 Å². The molecule has 3 nitrogen and oxygen atoms in total. The second-order valence-corrected chi connectivity index (χ2v) is 5.44. The number of terminal acetylenes is 1. The summed E-state index contributed by atoms with van der Waals surface area (Å²) in [5, 5.41) is 6.21. The Balaban J connectivity index is 1.95. The molecule has 4 heteroatoms. The molecule has 1 fully saturated rings. The number of rotatable bonds is 7. The average molecular weight is 254 g/mol. The fraction of sp³-hybridized carbons (Fsp3) is 0.769. The van der Waals surface area contributed by atoms with Crippen LogP contribution < -0.4 is 10.6 Å². The molecule has 0 aromatic rings. The van der Waals surface area contributed by atoms with Gasteiger partial charge in [0.1, 0.15) is 0 Å². The van der Waals surface area contributed by atoms with Crippen molar-refractivity contribution in [1.29, 1.82) is 0 Å². The van der Waals surface area contributed by atoms with E-state index in [-0.39, 0.29) is 5.91 Å². The molecule has 0 heterocycles. The number of carbonyl (C=O) groups is 1. The minimum absolute atomic E-state index is 0.124. The lowest BCUT2D eigenvalue weighted by atomic mass is 9.95. The average Bonchev–Trinajstić information content (AvgIpc) is 2.35. The molecule has 17 heavy (non-hydrogen) atoms. The molecule has 0 atom stereocenters. The molecule has 1 aliphatic rings. The van der Waals surface area contributed by atoms with E-state index in [4.69, 9.17) is 6.42 Å². The maximum atomic E-state index is 11.6. The highest BCUT2D eigenvalue weighted by atomic mass is 32.2. The van der Waals surface area contributed by atoms with Crippen LogP contribution in [0.4, 0.5) is 0 Å². The van der Waals surface area contributed by atoms with Crippen LogP contribution in [0.1, 0.15) is 32.1 Å². The van der Waals surface area contributed by atoms with Gasteiger partial charge >= 0.3 is 0 Å². The molecule has 0 saturated heterocycles. The van der Waals surface area contributed by atoms with Gasteiger partial charge in [0.2, 0.25) is 5.91 Å². The summed E-state index contributed by atoms with van der Waals surface area (Å²) < 4.78 is 0. The number of hydrogen-bond acceptors (Lipinski definition) is 3. The molecule has 0 aromatic carbocycles. The summed E-state index contributed by atoms with van der Waals surface area (Å²) in [6, 6.07) is 0.411. The molecule has 0 spiro atoms. The highest BCUT2D eigenvalue weighted by Crippen LogP contribution is 2.16. The monoisotopic (exact) mass is 254 g/mol. The zero-order valence-electron chi connectivity index (χ0n) is 10.3. The molecule has 2 N–H and O–H groups in total. The first-order chi connectivity index (χ1) is 8.33. The van der Waals surface area contributed by atoms with Crippen molar-refractivity contribution in [3.8, 4) is 12.3 Å². The molecule has 0 unspecified atom stereocenters. The van der Waals surface area contributed by atoms with Crippen molar-refractivity contribution in [2.45, 2.75) is 38.1 Å². The number of thioether (sulfide) groups is 1. The first-order valence-electron chi connectivity index (χ1n) is 6.34. The Hall–Kier alpha value is -0.660. The van der Waals surface area contributed by atoms with Crippen molar-refractivity contribution in [1.82, 2.24) is 10.6 Å². The van der Waals surface area contributed by atoms with Gasteiger partial charge in [-0.1, -0.05) is 25.2 Å². The minimum atomic E-state index is 0.124. The maximum Gasteiger partial charge on any atom is 0.234 e. The Labute approximate surface area is 108 Å². The molecular formula is C13H22N2OS. The third-order valence-corrected chi connectivity index (χ3v) is 3.73. The van der Waals surface area contributed by atoms with Crippen molar-refractivity contribution in [3.05, 3.63) is 0 Å². The van der Waals surface area contributed by atoms with E-state index in [0.717, 1.165) is 30.9 Å². The first-order valence-corrected chi connectivity index (χ1v) is 7.49. The van der Waals surface area contributed by atoms with Crippen LogP contribution in [0.2, 0.25) is 0 Å². The van der Waals surface area contributed by atoms with Crippen molar-refractivity contribution in [2.24, 2.45) is 0 Å². The number of hydrogen-bond donors (Lipinski definition) is 2. The van der Waals surface area contributed by atoms with E-state index in [1.807, 2.05) is 0 Å². The van der Waals surface area contributed by atoms with Crippen molar-refractivity contribution >= 4 is 17.7 Å². The van der Waals surface area contributed by atoms with Crippen LogP contribution in [0.5, 0.6) is 0 Å². The van der Waals surface area contributed by atoms with Gasteiger partial charge in [-0.2, -0.15) is 0 Å². The van der Waals surface area contributed by atoms with E-state index in [2.05, 4.69) is 16.6 Å². The van der Waals surface area contributed by atoms with Crippen molar-refractivity contribution in [3.63, 3.8) is 0 Å². The Morgan fingerprint density at radius 2 is 2.12 bits per heavy atom. The summed E-state index contributed by atoms with van der Waals surface area (Å²) in [5.74, 6) is 4.41. The molecule has 1 rings (SSSR count). The molecule has 0 aromatic heterocycles. The largest absolute Gasteiger partial charge is 0.352 e. The van der Waals surface area contributed by atoms with Gasteiger partial charge in [0, 0.05) is 18.3 Å². The molecule has 96 valence electrons. The summed E-state index contributed by atoms with van der Waals surface area (Å²) in [6.07, 6.45) is 11.2. The highest BCUT2D eigenvalue weighted by molar-refractivity contribution is 7.99. The van der Waals surface area contributed by atoms with E-state index in [1.165, 1.54) is 19.3 Å². The van der Waals surface area contributed by atoms with Crippen LogP contribution in [0.25, 0.3) is 0 Å². The number of nitrogens with one attached hydrogen (secondary N) is 2. The summed E-state index contributed by atoms with van der Waals surface area (Å²) in [7, 11) is 0. The van der Waals surface area contributed by atoms with Crippen LogP contribution in [0, 0.1) is 12.3 Å². The Bertz CT molecular complexity index is 257. The third kappa shape index (κ3) is 7.30. The van der Waals surface area contributed by atoms with Crippen LogP contribution >= 0.6 is 11.8 Å². The van der Waals surface area contributed by atoms with Gasteiger partial charge in [0.05, 0.1) is 12.3 Å². The van der Waals surface area contributed by atoms with Crippen molar-refractivity contribution < 1.29 is 4.79 Å². The second kappa shape index (κ2) is 9.38. The molecule has 1 amide bonds. The number of amides is 1. The normalized spacial score (nSPS) is 16.4. The van der Waals surface area contributed by atoms with Gasteiger partial charge in [0.25, 0.3) is 0 Å². The summed E-state index contributed by atoms with van der Waals surface area (Å²) in [4.78, 5) is 11.6. The lowest BCUT2D eigenvalue weighted by Crippen LogP contribution is -2.41. The first kappa shape index (κ1) is 14.4. The van der Waals surface area contributed by atoms with Gasteiger partial charge < -0.3 is 10.6 Å². The van der Waals surface area contributed by atoms with Gasteiger partial charge in [-0.25, -0.2) is 0 Å².